The lowest BCUT2D eigenvalue weighted by Crippen LogP contribution is -2.56. The number of ketones is 1. The zero-order valence-corrected chi connectivity index (χ0v) is 36.2. The van der Waals surface area contributed by atoms with E-state index in [2.05, 4.69) is 41.8 Å². The molecule has 0 unspecified atom stereocenters. The molecule has 2 aliphatic heterocycles. The van der Waals surface area contributed by atoms with Crippen molar-refractivity contribution in [1.29, 1.82) is 0 Å². The number of benzene rings is 2. The molecule has 4 heterocycles. The van der Waals surface area contributed by atoms with Crippen molar-refractivity contribution < 1.29 is 54.9 Å². The summed E-state index contributed by atoms with van der Waals surface area (Å²) in [4.78, 5) is 35.3. The van der Waals surface area contributed by atoms with Crippen LogP contribution in [0.5, 0.6) is 0 Å². The van der Waals surface area contributed by atoms with E-state index < -0.39 is 78.2 Å². The molecule has 2 aliphatic rings. The Hall–Kier alpha value is -5.55. The van der Waals surface area contributed by atoms with Crippen molar-refractivity contribution in [2.24, 2.45) is 11.3 Å². The first kappa shape index (κ1) is 48.9. The minimum absolute atomic E-state index is 0.0296. The lowest BCUT2D eigenvalue weighted by Gasteiger charge is -2.41. The fourth-order valence-electron chi connectivity index (χ4n) is 7.95. The van der Waals surface area contributed by atoms with Crippen LogP contribution in [0.4, 0.5) is 41.3 Å². The standard InChI is InChI=1S/C46H52F7N7O5/c1-45(2,46(51,52)53)42(57-44(63)64-3)39(61)23-33(40(62)27-54-26-36-37(47)21-32(22-38(36)48)34-25-56-60(28-34)43(49)50)20-30-7-4-29(5-8-30)6-9-31-10-11-41(55-24-31)59-16-14-58(15-17-59)35-12-18-65-19-13-35/h4-5,7-8,10-11,21-22,24-25,28,33,35,40,42-43,54,62H,12-20,23,26-27H2,1-3H3,(H,57,63)/t33-,40+,42-/m1/s1. The molecule has 19 heteroatoms. The smallest absolute Gasteiger partial charge is 0.407 e. The minimum Gasteiger partial charge on any atom is -0.453 e. The summed E-state index contributed by atoms with van der Waals surface area (Å²) in [6.07, 6.45) is -2.53. The van der Waals surface area contributed by atoms with Gasteiger partial charge >= 0.3 is 18.8 Å². The molecular formula is C46H52F7N7O5. The number of alkyl carbamates (subject to hydrolysis) is 1. The summed E-state index contributed by atoms with van der Waals surface area (Å²) < 4.78 is 109. The van der Waals surface area contributed by atoms with Crippen LogP contribution in [0.15, 0.2) is 67.1 Å². The Morgan fingerprint density at radius 1 is 0.938 bits per heavy atom. The van der Waals surface area contributed by atoms with E-state index in [0.29, 0.717) is 27.4 Å². The summed E-state index contributed by atoms with van der Waals surface area (Å²) in [5, 5.41) is 19.7. The second kappa shape index (κ2) is 21.6. The van der Waals surface area contributed by atoms with E-state index in [1.54, 1.807) is 30.5 Å². The number of piperazine rings is 1. The van der Waals surface area contributed by atoms with Gasteiger partial charge in [0.15, 0.2) is 5.78 Å². The number of carbonyl (C=O) groups excluding carboxylic acids is 2. The van der Waals surface area contributed by atoms with Crippen LogP contribution < -0.4 is 15.5 Å². The third kappa shape index (κ3) is 12.6. The van der Waals surface area contributed by atoms with Crippen LogP contribution in [-0.2, 0) is 27.2 Å². The van der Waals surface area contributed by atoms with Gasteiger partial charge < -0.3 is 30.1 Å². The summed E-state index contributed by atoms with van der Waals surface area (Å²) in [5.41, 5.74) is -1.26. The second-order valence-corrected chi connectivity index (χ2v) is 16.7. The fraction of sp³-hybridized carbons (Fsp3) is 0.478. The van der Waals surface area contributed by atoms with Gasteiger partial charge in [-0.2, -0.15) is 27.1 Å². The summed E-state index contributed by atoms with van der Waals surface area (Å²) in [6.45, 7) is 3.04. The number of aliphatic hydroxyl groups excluding tert-OH is 1. The Balaban J connectivity index is 1.13. The predicted molar refractivity (Wildman–Crippen MR) is 227 cm³/mol. The molecule has 12 nitrogen and oxygen atoms in total. The summed E-state index contributed by atoms with van der Waals surface area (Å²) in [5.74, 6) is 2.93. The van der Waals surface area contributed by atoms with Crippen molar-refractivity contribution >= 4 is 17.7 Å². The van der Waals surface area contributed by atoms with Crippen LogP contribution in [-0.4, -0.2) is 114 Å². The monoisotopic (exact) mass is 915 g/mol. The van der Waals surface area contributed by atoms with Crippen molar-refractivity contribution in [3.05, 3.63) is 101 Å². The molecule has 2 aromatic carbocycles. The van der Waals surface area contributed by atoms with Gasteiger partial charge in [-0.05, 0) is 86.6 Å². The summed E-state index contributed by atoms with van der Waals surface area (Å²) in [6, 6.07) is 11.0. The van der Waals surface area contributed by atoms with Crippen LogP contribution in [0.25, 0.3) is 11.1 Å². The van der Waals surface area contributed by atoms with Crippen molar-refractivity contribution in [3.63, 3.8) is 0 Å². The van der Waals surface area contributed by atoms with Gasteiger partial charge in [0.05, 0.1) is 24.8 Å². The maximum atomic E-state index is 15.1. The van der Waals surface area contributed by atoms with Crippen LogP contribution in [0.3, 0.4) is 0 Å². The van der Waals surface area contributed by atoms with Crippen LogP contribution >= 0.6 is 0 Å². The number of nitrogens with zero attached hydrogens (tertiary/aromatic N) is 5. The summed E-state index contributed by atoms with van der Waals surface area (Å²) >= 11 is 0. The molecule has 3 atom stereocenters. The van der Waals surface area contributed by atoms with Crippen LogP contribution in [0, 0.1) is 34.8 Å². The molecule has 1 amide bonds. The number of carbonyl (C=O) groups is 2. The first-order valence-corrected chi connectivity index (χ1v) is 21.2. The molecule has 3 N–H and O–H groups in total. The molecule has 6 rings (SSSR count). The number of rotatable bonds is 16. The number of halogens is 7. The van der Waals surface area contributed by atoms with E-state index >= 15 is 8.78 Å². The Kier molecular flexibility index (Phi) is 16.3. The topological polar surface area (TPSA) is 134 Å². The molecule has 2 saturated heterocycles. The highest BCUT2D eigenvalue weighted by molar-refractivity contribution is 5.88. The van der Waals surface area contributed by atoms with Crippen molar-refractivity contribution in [2.45, 2.75) is 77.0 Å². The number of anilines is 1. The fourth-order valence-corrected chi connectivity index (χ4v) is 7.95. The van der Waals surface area contributed by atoms with Crippen molar-refractivity contribution in [3.8, 4) is 23.0 Å². The molecule has 65 heavy (non-hydrogen) atoms. The molecule has 2 fully saturated rings. The molecule has 0 bridgehead atoms. The molecule has 2 aromatic heterocycles. The number of hydrogen-bond donors (Lipinski definition) is 3. The molecule has 350 valence electrons. The number of nitrogens with one attached hydrogen (secondary N) is 2. The Labute approximate surface area is 372 Å². The van der Waals surface area contributed by atoms with E-state index in [0.717, 1.165) is 104 Å². The zero-order chi connectivity index (χ0) is 46.9. The molecule has 4 aromatic rings. The number of amides is 1. The number of pyridine rings is 1. The van der Waals surface area contributed by atoms with Crippen LogP contribution in [0.1, 0.15) is 61.9 Å². The number of Topliss-reactive ketones (excluding diaryl/α,β-unsaturated/α-hetero) is 1. The summed E-state index contributed by atoms with van der Waals surface area (Å²) in [7, 11) is 0.939. The lowest BCUT2D eigenvalue weighted by atomic mass is 9.77. The van der Waals surface area contributed by atoms with Gasteiger partial charge in [-0.25, -0.2) is 23.2 Å². The number of aromatic nitrogens is 3. The van der Waals surface area contributed by atoms with Gasteiger partial charge in [-0.15, -0.1) is 0 Å². The van der Waals surface area contributed by atoms with Crippen LogP contribution in [0.2, 0.25) is 0 Å². The number of methoxy groups -OCH3 is 1. The quantitative estimate of drug-likeness (QED) is 0.0806. The lowest BCUT2D eigenvalue weighted by molar-refractivity contribution is -0.220. The van der Waals surface area contributed by atoms with E-state index in [1.807, 2.05) is 17.4 Å². The van der Waals surface area contributed by atoms with Gasteiger partial charge in [-0.1, -0.05) is 24.0 Å². The average molecular weight is 916 g/mol. The Morgan fingerprint density at radius 2 is 1.58 bits per heavy atom. The Morgan fingerprint density at radius 3 is 2.17 bits per heavy atom. The van der Waals surface area contributed by atoms with E-state index in [4.69, 9.17) is 4.74 Å². The zero-order valence-electron chi connectivity index (χ0n) is 36.2. The highest BCUT2D eigenvalue weighted by atomic mass is 19.4. The number of ether oxygens (including phenoxy) is 2. The average Bonchev–Trinajstić information content (AvgIpc) is 3.80. The van der Waals surface area contributed by atoms with Crippen molar-refractivity contribution in [1.82, 2.24) is 30.3 Å². The third-order valence-electron chi connectivity index (χ3n) is 12.1. The molecule has 0 aliphatic carbocycles. The molecule has 0 saturated carbocycles. The van der Waals surface area contributed by atoms with Gasteiger partial charge in [-0.3, -0.25) is 9.69 Å². The number of alkyl halides is 5. The normalized spacial score (nSPS) is 16.7. The molecular weight excluding hydrogens is 864 g/mol. The predicted octanol–water partition coefficient (Wildman–Crippen LogP) is 6.90. The minimum atomic E-state index is -4.94. The Bertz CT molecular complexity index is 2260. The maximum Gasteiger partial charge on any atom is 0.407 e. The second-order valence-electron chi connectivity index (χ2n) is 16.7. The first-order valence-electron chi connectivity index (χ1n) is 21.2. The maximum absolute atomic E-state index is 15.1. The van der Waals surface area contributed by atoms with E-state index in [-0.39, 0.29) is 24.1 Å². The highest BCUT2D eigenvalue weighted by Gasteiger charge is 2.55. The SMILES string of the molecule is COC(=O)N[C@H](C(=O)C[C@@H](Cc1ccc(C#Cc2ccc(N3CCN(C4CCOCC4)CC3)nc2)cc1)[C@@H](O)CNCc1c(F)cc(-c2cnn(C(F)F)c2)cc1F)C(C)(C)C(F)(F)F. The largest absolute Gasteiger partial charge is 0.453 e. The molecule has 0 spiro atoms. The van der Waals surface area contributed by atoms with Gasteiger partial charge in [0.1, 0.15) is 23.5 Å². The van der Waals surface area contributed by atoms with E-state index in [9.17, 15) is 36.6 Å². The van der Waals surface area contributed by atoms with Gasteiger partial charge in [0, 0.05) is 99.6 Å². The third-order valence-corrected chi connectivity index (χ3v) is 12.1. The number of hydrogen-bond acceptors (Lipinski definition) is 10. The van der Waals surface area contributed by atoms with E-state index in [1.165, 1.54) is 0 Å². The van der Waals surface area contributed by atoms with Crippen molar-refractivity contribution in [2.75, 3.05) is 57.9 Å². The van der Waals surface area contributed by atoms with Gasteiger partial charge in [0.25, 0.3) is 0 Å². The first-order chi connectivity index (χ1) is 30.9. The van der Waals surface area contributed by atoms with Gasteiger partial charge in [0.2, 0.25) is 0 Å². The number of aliphatic hydroxyl groups is 1. The molecule has 0 radical (unpaired) electrons. The highest BCUT2D eigenvalue weighted by Crippen LogP contribution is 2.41.